The Morgan fingerprint density at radius 1 is 1.38 bits per heavy atom. The molecule has 2 amide bonds. The first-order chi connectivity index (χ1) is 6.02. The summed E-state index contributed by atoms with van der Waals surface area (Å²) in [5.41, 5.74) is 5.55. The van der Waals surface area contributed by atoms with Crippen molar-refractivity contribution in [3.8, 4) is 0 Å². The summed E-state index contributed by atoms with van der Waals surface area (Å²) in [6.45, 7) is 7.16. The Morgan fingerprint density at radius 2 is 2.00 bits per heavy atom. The fourth-order valence-corrected chi connectivity index (χ4v) is 0.708. The van der Waals surface area contributed by atoms with E-state index in [9.17, 15) is 4.79 Å². The van der Waals surface area contributed by atoms with Gasteiger partial charge in [-0.2, -0.15) is 0 Å². The number of urea groups is 1. The average molecular weight is 187 g/mol. The molecule has 0 rings (SSSR count). The van der Waals surface area contributed by atoms with Gasteiger partial charge in [-0.1, -0.05) is 13.8 Å². The molecule has 0 radical (unpaired) electrons. The molecule has 1 unspecified atom stereocenters. The van der Waals surface area contributed by atoms with Crippen LogP contribution >= 0.6 is 0 Å². The van der Waals surface area contributed by atoms with Gasteiger partial charge >= 0.3 is 6.03 Å². The van der Waals surface area contributed by atoms with E-state index in [1.165, 1.54) is 0 Å². The lowest BCUT2D eigenvalue weighted by Gasteiger charge is -2.22. The van der Waals surface area contributed by atoms with Crippen molar-refractivity contribution in [2.45, 2.75) is 39.2 Å². The molecule has 0 heterocycles. The minimum atomic E-state index is -0.302. The summed E-state index contributed by atoms with van der Waals surface area (Å²) in [5.74, 6) is 0. The monoisotopic (exact) mass is 187 g/mol. The molecule has 0 fully saturated rings. The van der Waals surface area contributed by atoms with Gasteiger partial charge in [0.15, 0.2) is 0 Å². The summed E-state index contributed by atoms with van der Waals surface area (Å²) in [5, 5.41) is 5.46. The van der Waals surface area contributed by atoms with Crippen LogP contribution in [0.4, 0.5) is 4.79 Å². The molecule has 0 aromatic rings. The Kier molecular flexibility index (Phi) is 5.46. The number of hydrogen-bond donors (Lipinski definition) is 3. The second-order valence-corrected chi connectivity index (χ2v) is 3.62. The van der Waals surface area contributed by atoms with Crippen LogP contribution in [0.2, 0.25) is 0 Å². The maximum absolute atomic E-state index is 11.1. The van der Waals surface area contributed by atoms with Gasteiger partial charge in [0.05, 0.1) is 0 Å². The maximum Gasteiger partial charge on any atom is 0.314 e. The van der Waals surface area contributed by atoms with E-state index in [1.807, 2.05) is 20.8 Å². The molecule has 1 atom stereocenters. The zero-order chi connectivity index (χ0) is 10.3. The zero-order valence-electron chi connectivity index (χ0n) is 8.81. The van der Waals surface area contributed by atoms with E-state index in [2.05, 4.69) is 10.6 Å². The Morgan fingerprint density at radius 3 is 2.46 bits per heavy atom. The van der Waals surface area contributed by atoms with Crippen molar-refractivity contribution in [2.24, 2.45) is 5.73 Å². The first-order valence-electron chi connectivity index (χ1n) is 4.82. The number of carbonyl (C=O) groups is 1. The van der Waals surface area contributed by atoms with E-state index >= 15 is 0 Å². The molecule has 13 heavy (non-hydrogen) atoms. The van der Waals surface area contributed by atoms with E-state index in [0.29, 0.717) is 13.1 Å². The highest BCUT2D eigenvalue weighted by atomic mass is 16.2. The Labute approximate surface area is 80.3 Å². The Bertz CT molecular complexity index is 157. The van der Waals surface area contributed by atoms with Crippen LogP contribution in [0.15, 0.2) is 0 Å². The second kappa shape index (κ2) is 5.80. The van der Waals surface area contributed by atoms with Crippen LogP contribution in [0.1, 0.15) is 33.6 Å². The van der Waals surface area contributed by atoms with E-state index in [4.69, 9.17) is 5.73 Å². The predicted molar refractivity (Wildman–Crippen MR) is 54.6 cm³/mol. The molecule has 4 heteroatoms. The second-order valence-electron chi connectivity index (χ2n) is 3.62. The summed E-state index contributed by atoms with van der Waals surface area (Å²) >= 11 is 0. The number of hydrogen-bond acceptors (Lipinski definition) is 2. The third kappa shape index (κ3) is 6.40. The number of carbonyl (C=O) groups excluding carboxylic acids is 1. The van der Waals surface area contributed by atoms with Gasteiger partial charge in [-0.05, 0) is 19.8 Å². The molecule has 4 N–H and O–H groups in total. The van der Waals surface area contributed by atoms with Gasteiger partial charge in [0.2, 0.25) is 0 Å². The summed E-state index contributed by atoms with van der Waals surface area (Å²) in [7, 11) is 0. The lowest BCUT2D eigenvalue weighted by atomic mass is 10.0. The fourth-order valence-electron chi connectivity index (χ4n) is 0.708. The lowest BCUT2D eigenvalue weighted by molar-refractivity contribution is 0.237. The molecule has 0 aromatic carbocycles. The van der Waals surface area contributed by atoms with Crippen LogP contribution in [0.25, 0.3) is 0 Å². The van der Waals surface area contributed by atoms with E-state index < -0.39 is 0 Å². The maximum atomic E-state index is 11.1. The predicted octanol–water partition coefficient (Wildman–Crippen LogP) is 0.823. The van der Waals surface area contributed by atoms with Crippen LogP contribution in [0, 0.1) is 0 Å². The van der Waals surface area contributed by atoms with E-state index in [0.717, 1.165) is 12.8 Å². The summed E-state index contributed by atoms with van der Waals surface area (Å²) in [6.07, 6.45) is 1.79. The first-order valence-corrected chi connectivity index (χ1v) is 4.82. The summed E-state index contributed by atoms with van der Waals surface area (Å²) in [4.78, 5) is 11.1. The number of nitrogens with one attached hydrogen (secondary N) is 2. The van der Waals surface area contributed by atoms with Gasteiger partial charge in [0, 0.05) is 18.6 Å². The molecule has 4 nitrogen and oxygen atoms in total. The van der Waals surface area contributed by atoms with Gasteiger partial charge in [-0.15, -0.1) is 0 Å². The molecule has 0 aliphatic rings. The lowest BCUT2D eigenvalue weighted by Crippen LogP contribution is -2.49. The van der Waals surface area contributed by atoms with E-state index in [1.54, 1.807) is 0 Å². The Balaban J connectivity index is 3.57. The molecule has 0 saturated carbocycles. The summed E-state index contributed by atoms with van der Waals surface area (Å²) in [6, 6.07) is -0.132. The highest BCUT2D eigenvalue weighted by Crippen LogP contribution is 2.01. The molecule has 0 aromatic heterocycles. The molecular formula is C9H21N3O. The topological polar surface area (TPSA) is 67.2 Å². The molecule has 0 aliphatic carbocycles. The van der Waals surface area contributed by atoms with Crippen molar-refractivity contribution < 1.29 is 4.79 Å². The van der Waals surface area contributed by atoms with Crippen LogP contribution in [-0.4, -0.2) is 24.7 Å². The Hall–Kier alpha value is -0.770. The van der Waals surface area contributed by atoms with Crippen molar-refractivity contribution in [1.82, 2.24) is 10.6 Å². The smallest absolute Gasteiger partial charge is 0.314 e. The minimum Gasteiger partial charge on any atom is -0.338 e. The van der Waals surface area contributed by atoms with Crippen LogP contribution < -0.4 is 16.4 Å². The third-order valence-corrected chi connectivity index (χ3v) is 2.00. The largest absolute Gasteiger partial charge is 0.338 e. The quantitative estimate of drug-likeness (QED) is 0.596. The highest BCUT2D eigenvalue weighted by Gasteiger charge is 2.15. The van der Waals surface area contributed by atoms with Crippen LogP contribution in [0.5, 0.6) is 0 Å². The molecule has 0 bridgehead atoms. The normalized spacial score (nSPS) is 14.8. The number of nitrogens with two attached hydrogens (primary N) is 1. The van der Waals surface area contributed by atoms with Crippen LogP contribution in [0.3, 0.4) is 0 Å². The van der Waals surface area contributed by atoms with Crippen molar-refractivity contribution in [3.05, 3.63) is 0 Å². The van der Waals surface area contributed by atoms with Crippen molar-refractivity contribution >= 4 is 6.03 Å². The standard InChI is InChI=1S/C9H21N3O/c1-4-6-11-8(13)12-7-9(3,10)5-2/h4-7,10H2,1-3H3,(H2,11,12,13). The zero-order valence-corrected chi connectivity index (χ0v) is 8.81. The molecule has 0 saturated heterocycles. The number of rotatable bonds is 5. The molecular weight excluding hydrogens is 166 g/mol. The van der Waals surface area contributed by atoms with Crippen molar-refractivity contribution in [1.29, 1.82) is 0 Å². The highest BCUT2D eigenvalue weighted by molar-refractivity contribution is 5.73. The van der Waals surface area contributed by atoms with Gasteiger partial charge in [-0.25, -0.2) is 4.79 Å². The van der Waals surface area contributed by atoms with Gasteiger partial charge in [-0.3, -0.25) is 0 Å². The van der Waals surface area contributed by atoms with E-state index in [-0.39, 0.29) is 11.6 Å². The molecule has 78 valence electrons. The molecule has 0 spiro atoms. The summed E-state index contributed by atoms with van der Waals surface area (Å²) < 4.78 is 0. The number of amides is 2. The van der Waals surface area contributed by atoms with Crippen molar-refractivity contribution in [3.63, 3.8) is 0 Å². The minimum absolute atomic E-state index is 0.132. The average Bonchev–Trinajstić information content (AvgIpc) is 2.11. The fraction of sp³-hybridized carbons (Fsp3) is 0.889. The van der Waals surface area contributed by atoms with Gasteiger partial charge < -0.3 is 16.4 Å². The van der Waals surface area contributed by atoms with Gasteiger partial charge in [0.1, 0.15) is 0 Å². The SMILES string of the molecule is CCCNC(=O)NCC(C)(N)CC. The first kappa shape index (κ1) is 12.2. The van der Waals surface area contributed by atoms with Gasteiger partial charge in [0.25, 0.3) is 0 Å². The third-order valence-electron chi connectivity index (χ3n) is 2.00. The van der Waals surface area contributed by atoms with Crippen molar-refractivity contribution in [2.75, 3.05) is 13.1 Å². The van der Waals surface area contributed by atoms with Crippen LogP contribution in [-0.2, 0) is 0 Å². The molecule has 0 aliphatic heterocycles.